The van der Waals surface area contributed by atoms with Crippen LogP contribution in [0.4, 0.5) is 0 Å². The lowest BCUT2D eigenvalue weighted by Gasteiger charge is -2.39. The highest BCUT2D eigenvalue weighted by atomic mass is 16.5. The van der Waals surface area contributed by atoms with E-state index in [1.165, 1.54) is 0 Å². The molecule has 0 saturated carbocycles. The van der Waals surface area contributed by atoms with Crippen molar-refractivity contribution in [1.29, 1.82) is 5.41 Å². The van der Waals surface area contributed by atoms with Gasteiger partial charge in [-0.2, -0.15) is 0 Å². The molecule has 2 fully saturated rings. The summed E-state index contributed by atoms with van der Waals surface area (Å²) in [5.74, 6) is 1.10. The topological polar surface area (TPSA) is 136 Å². The monoisotopic (exact) mass is 652 g/mol. The molecule has 10 nitrogen and oxygen atoms in total. The number of ether oxygens (including phenoxy) is 2. The second kappa shape index (κ2) is 13.3. The second-order valence-electron chi connectivity index (χ2n) is 14.3. The number of carbonyl (C=O) groups is 1. The molecule has 1 amide bonds. The van der Waals surface area contributed by atoms with Gasteiger partial charge in [-0.15, -0.1) is 0 Å². The van der Waals surface area contributed by atoms with E-state index in [4.69, 9.17) is 24.9 Å². The standard InChI is InChI=1S/C38H48N6O4/c1-21(39)33(22(2)45)30-19-31-29(20-32(30)47-7)34-35(40-23(3)41-36(34)43-31)24-16-25(18-26(17-24)38(4,5)6)37(46)42-27-8-12-44(13-9-27)28-10-14-48-15-11-28/h16-20,27-28,39,45H,8-15H2,1-7H3,(H,42,46)(H,40,41,43)/b33-22+,39-21?. The first kappa shape index (κ1) is 33.6. The number of aromatic nitrogens is 3. The van der Waals surface area contributed by atoms with Gasteiger partial charge in [0.15, 0.2) is 0 Å². The van der Waals surface area contributed by atoms with E-state index in [1.807, 2.05) is 31.2 Å². The van der Waals surface area contributed by atoms with Crippen LogP contribution >= 0.6 is 0 Å². The Morgan fingerprint density at radius 3 is 2.40 bits per heavy atom. The second-order valence-corrected chi connectivity index (χ2v) is 14.3. The van der Waals surface area contributed by atoms with E-state index in [1.54, 1.807) is 21.0 Å². The minimum atomic E-state index is -0.213. The number of nitrogens with zero attached hydrogens (tertiary/aromatic N) is 3. The van der Waals surface area contributed by atoms with Crippen LogP contribution in [0.3, 0.4) is 0 Å². The quantitative estimate of drug-likeness (QED) is 0.124. The number of allylic oxidation sites excluding steroid dienone is 2. The first-order valence-corrected chi connectivity index (χ1v) is 17.0. The van der Waals surface area contributed by atoms with Gasteiger partial charge < -0.3 is 35.2 Å². The number of hydrogen-bond acceptors (Lipinski definition) is 8. The molecular formula is C38H48N6O4. The zero-order chi connectivity index (χ0) is 34.3. The molecule has 10 heteroatoms. The van der Waals surface area contributed by atoms with Crippen LogP contribution in [0.5, 0.6) is 5.75 Å². The Hall–Kier alpha value is -4.28. The van der Waals surface area contributed by atoms with Gasteiger partial charge in [0.05, 0.1) is 23.9 Å². The fourth-order valence-corrected chi connectivity index (χ4v) is 7.23. The maximum Gasteiger partial charge on any atom is 0.251 e. The number of nitrogens with one attached hydrogen (secondary N) is 3. The Labute approximate surface area is 282 Å². The first-order valence-electron chi connectivity index (χ1n) is 17.0. The number of aryl methyl sites for hydroxylation is 1. The highest BCUT2D eigenvalue weighted by Crippen LogP contribution is 2.40. The van der Waals surface area contributed by atoms with Crippen molar-refractivity contribution in [3.05, 3.63) is 58.6 Å². The average molecular weight is 653 g/mol. The van der Waals surface area contributed by atoms with E-state index in [-0.39, 0.29) is 28.8 Å². The van der Waals surface area contributed by atoms with Gasteiger partial charge in [0, 0.05) is 77.3 Å². The minimum absolute atomic E-state index is 0.0438. The number of likely N-dealkylation sites (tertiary alicyclic amines) is 1. The summed E-state index contributed by atoms with van der Waals surface area (Å²) in [6, 6.07) is 10.6. The van der Waals surface area contributed by atoms with Crippen molar-refractivity contribution in [2.45, 2.75) is 84.7 Å². The molecule has 48 heavy (non-hydrogen) atoms. The molecule has 0 unspecified atom stereocenters. The Bertz CT molecular complexity index is 1900. The van der Waals surface area contributed by atoms with Crippen LogP contribution < -0.4 is 10.1 Å². The summed E-state index contributed by atoms with van der Waals surface area (Å²) >= 11 is 0. The average Bonchev–Trinajstić information content (AvgIpc) is 3.40. The molecule has 4 heterocycles. The number of aliphatic hydroxyl groups is 1. The van der Waals surface area contributed by atoms with Gasteiger partial charge in [-0.25, -0.2) is 9.97 Å². The van der Waals surface area contributed by atoms with Crippen LogP contribution in [0, 0.1) is 12.3 Å². The first-order chi connectivity index (χ1) is 22.8. The predicted molar refractivity (Wildman–Crippen MR) is 191 cm³/mol. The maximum atomic E-state index is 13.9. The molecule has 2 aliphatic heterocycles. The van der Waals surface area contributed by atoms with Crippen molar-refractivity contribution in [2.24, 2.45) is 0 Å². The minimum Gasteiger partial charge on any atom is -0.512 e. The number of aromatic amines is 1. The molecule has 2 saturated heterocycles. The molecule has 4 aromatic rings. The maximum absolute atomic E-state index is 13.9. The van der Waals surface area contributed by atoms with E-state index in [0.717, 1.165) is 85.1 Å². The number of amides is 1. The Kier molecular flexibility index (Phi) is 9.33. The smallest absolute Gasteiger partial charge is 0.251 e. The normalized spacial score (nSPS) is 17.5. The Morgan fingerprint density at radius 2 is 1.77 bits per heavy atom. The van der Waals surface area contributed by atoms with Gasteiger partial charge in [0.2, 0.25) is 0 Å². The van der Waals surface area contributed by atoms with Crippen molar-refractivity contribution in [2.75, 3.05) is 33.4 Å². The summed E-state index contributed by atoms with van der Waals surface area (Å²) in [5.41, 5.74) is 5.70. The van der Waals surface area contributed by atoms with Gasteiger partial charge >= 0.3 is 0 Å². The number of fused-ring (bicyclic) bond motifs is 3. The highest BCUT2D eigenvalue weighted by Gasteiger charge is 2.28. The molecule has 6 rings (SSSR count). The summed E-state index contributed by atoms with van der Waals surface area (Å²) < 4.78 is 11.3. The molecule has 0 radical (unpaired) electrons. The summed E-state index contributed by atoms with van der Waals surface area (Å²) in [4.78, 5) is 29.6. The number of rotatable bonds is 7. The third-order valence-electron chi connectivity index (χ3n) is 9.80. The Morgan fingerprint density at radius 1 is 1.06 bits per heavy atom. The van der Waals surface area contributed by atoms with Crippen LogP contribution in [-0.4, -0.2) is 82.1 Å². The molecule has 2 aromatic heterocycles. The van der Waals surface area contributed by atoms with Crippen molar-refractivity contribution in [3.63, 3.8) is 0 Å². The predicted octanol–water partition coefficient (Wildman–Crippen LogP) is 7.09. The Balaban J connectivity index is 1.39. The highest BCUT2D eigenvalue weighted by molar-refractivity contribution is 6.23. The van der Waals surface area contributed by atoms with Gasteiger partial charge in [-0.05, 0) is 87.8 Å². The third kappa shape index (κ3) is 6.69. The van der Waals surface area contributed by atoms with Gasteiger partial charge in [0.25, 0.3) is 5.91 Å². The fraction of sp³-hybridized carbons (Fsp3) is 0.474. The number of carbonyl (C=O) groups excluding carboxylic acids is 1. The molecule has 0 aliphatic carbocycles. The molecule has 254 valence electrons. The van der Waals surface area contributed by atoms with Crippen molar-refractivity contribution in [3.8, 4) is 17.0 Å². The number of aliphatic hydroxyl groups excluding tert-OH is 1. The SMILES string of the molecule is COc1cc2c(cc1/C(C(C)=N)=C(\C)O)[nH]c1nc(C)nc(-c3cc(C(=O)NC4CCN(C5CCOCC5)CC4)cc(C(C)(C)C)c3)c12. The van der Waals surface area contributed by atoms with Crippen molar-refractivity contribution < 1.29 is 19.4 Å². The molecular weight excluding hydrogens is 604 g/mol. The van der Waals surface area contributed by atoms with E-state index >= 15 is 0 Å². The van der Waals surface area contributed by atoms with Crippen LogP contribution in [-0.2, 0) is 10.2 Å². The lowest BCUT2D eigenvalue weighted by molar-refractivity contribution is 0.0238. The summed E-state index contributed by atoms with van der Waals surface area (Å²) in [7, 11) is 1.58. The molecule has 2 aliphatic rings. The van der Waals surface area contributed by atoms with E-state index < -0.39 is 0 Å². The van der Waals surface area contributed by atoms with E-state index in [9.17, 15) is 9.90 Å². The molecule has 0 spiro atoms. The summed E-state index contributed by atoms with van der Waals surface area (Å²) in [6.45, 7) is 15.2. The molecule has 0 atom stereocenters. The molecule has 4 N–H and O–H groups in total. The van der Waals surface area contributed by atoms with Gasteiger partial charge in [-0.1, -0.05) is 20.8 Å². The van der Waals surface area contributed by atoms with Crippen LogP contribution in [0.25, 0.3) is 38.8 Å². The van der Waals surface area contributed by atoms with Crippen molar-refractivity contribution in [1.82, 2.24) is 25.2 Å². The molecule has 0 bridgehead atoms. The van der Waals surface area contributed by atoms with Crippen LogP contribution in [0.15, 0.2) is 36.1 Å². The fourth-order valence-electron chi connectivity index (χ4n) is 7.23. The lowest BCUT2D eigenvalue weighted by atomic mass is 9.84. The van der Waals surface area contributed by atoms with Crippen LogP contribution in [0.2, 0.25) is 0 Å². The van der Waals surface area contributed by atoms with E-state index in [2.05, 4.69) is 42.0 Å². The van der Waals surface area contributed by atoms with Crippen LogP contribution in [0.1, 0.15) is 87.6 Å². The third-order valence-corrected chi connectivity index (χ3v) is 9.80. The van der Waals surface area contributed by atoms with Gasteiger partial charge in [-0.3, -0.25) is 4.79 Å². The summed E-state index contributed by atoms with van der Waals surface area (Å²) in [5, 5.41) is 23.8. The lowest BCUT2D eigenvalue weighted by Crippen LogP contribution is -2.49. The number of piperidine rings is 1. The zero-order valence-electron chi connectivity index (χ0n) is 29.2. The van der Waals surface area contributed by atoms with Gasteiger partial charge in [0.1, 0.15) is 17.2 Å². The largest absolute Gasteiger partial charge is 0.512 e. The summed E-state index contributed by atoms with van der Waals surface area (Å²) in [6.07, 6.45) is 4.04. The van der Waals surface area contributed by atoms with Crippen molar-refractivity contribution >= 4 is 39.1 Å². The number of benzene rings is 2. The molecule has 2 aromatic carbocycles. The zero-order valence-corrected chi connectivity index (χ0v) is 29.2. The number of hydrogen-bond donors (Lipinski definition) is 4. The number of methoxy groups -OCH3 is 1. The number of H-pyrrole nitrogens is 1. The van der Waals surface area contributed by atoms with E-state index in [0.29, 0.717) is 40.0 Å².